The van der Waals surface area contributed by atoms with E-state index in [1.165, 1.54) is 11.3 Å². The number of nitrogens with zero attached hydrogens (tertiary/aromatic N) is 1. The monoisotopic (exact) mass is 286 g/mol. The third-order valence-corrected chi connectivity index (χ3v) is 3.42. The van der Waals surface area contributed by atoms with Gasteiger partial charge < -0.3 is 14.6 Å². The van der Waals surface area contributed by atoms with Crippen LogP contribution in [0.3, 0.4) is 0 Å². The molecule has 0 aliphatic heterocycles. The van der Waals surface area contributed by atoms with Gasteiger partial charge in [0, 0.05) is 24.1 Å². The van der Waals surface area contributed by atoms with Gasteiger partial charge in [-0.1, -0.05) is 6.92 Å². The summed E-state index contributed by atoms with van der Waals surface area (Å²) in [5.74, 6) is 0.933. The van der Waals surface area contributed by atoms with Gasteiger partial charge in [-0.05, 0) is 63.1 Å². The van der Waals surface area contributed by atoms with Crippen LogP contribution in [-0.4, -0.2) is 10.7 Å². The zero-order chi connectivity index (χ0) is 15.2. The van der Waals surface area contributed by atoms with Crippen LogP contribution >= 0.6 is 0 Å². The maximum Gasteiger partial charge on any atom is 0.120 e. The molecule has 0 spiro atoms. The molecule has 0 aliphatic rings. The number of benzene rings is 1. The lowest BCUT2D eigenvalue weighted by molar-refractivity contribution is 0.242. The molecule has 0 aliphatic carbocycles. The maximum atomic E-state index is 5.72. The molecule has 0 fully saturated rings. The molecule has 2 aromatic rings. The quantitative estimate of drug-likeness (QED) is 0.804. The molecule has 1 aromatic carbocycles. The van der Waals surface area contributed by atoms with E-state index < -0.39 is 0 Å². The molecule has 21 heavy (non-hydrogen) atoms. The summed E-state index contributed by atoms with van der Waals surface area (Å²) >= 11 is 0. The van der Waals surface area contributed by atoms with E-state index >= 15 is 0 Å². The van der Waals surface area contributed by atoms with Crippen LogP contribution in [0.25, 0.3) is 0 Å². The predicted molar refractivity (Wildman–Crippen MR) is 89.0 cm³/mol. The number of anilines is 1. The Balaban J connectivity index is 2.01. The fraction of sp³-hybridized carbons (Fsp3) is 0.444. The number of aryl methyl sites for hydroxylation is 2. The van der Waals surface area contributed by atoms with Gasteiger partial charge >= 0.3 is 0 Å². The standard InChI is InChI=1S/C18H26N2O/c1-5-10-20-11-6-7-16(20)13-19-18-9-8-17(12-15(18)4)21-14(2)3/h6-9,11-12,14,19H,5,10,13H2,1-4H3. The molecule has 3 heteroatoms. The molecule has 2 rings (SSSR count). The number of aromatic nitrogens is 1. The first kappa shape index (κ1) is 15.5. The summed E-state index contributed by atoms with van der Waals surface area (Å²) < 4.78 is 8.02. The molecule has 3 nitrogen and oxygen atoms in total. The SMILES string of the molecule is CCCn1cccc1CNc1ccc(OC(C)C)cc1C. The molecule has 114 valence electrons. The molecule has 1 aromatic heterocycles. The molecule has 0 amide bonds. The maximum absolute atomic E-state index is 5.72. The minimum absolute atomic E-state index is 0.209. The number of nitrogens with one attached hydrogen (secondary N) is 1. The van der Waals surface area contributed by atoms with Gasteiger partial charge in [-0.15, -0.1) is 0 Å². The first-order valence-corrected chi connectivity index (χ1v) is 7.75. The lowest BCUT2D eigenvalue weighted by Gasteiger charge is -2.14. The average Bonchev–Trinajstić information content (AvgIpc) is 2.85. The first-order valence-electron chi connectivity index (χ1n) is 7.75. The van der Waals surface area contributed by atoms with Crippen LogP contribution < -0.4 is 10.1 Å². The lowest BCUT2D eigenvalue weighted by Crippen LogP contribution is -2.08. The van der Waals surface area contributed by atoms with Crippen LogP contribution in [0.5, 0.6) is 5.75 Å². The fourth-order valence-corrected chi connectivity index (χ4v) is 2.43. The summed E-state index contributed by atoms with van der Waals surface area (Å²) in [7, 11) is 0. The van der Waals surface area contributed by atoms with Crippen molar-refractivity contribution in [2.45, 2.75) is 53.3 Å². The van der Waals surface area contributed by atoms with E-state index in [-0.39, 0.29) is 6.10 Å². The van der Waals surface area contributed by atoms with Crippen molar-refractivity contribution in [3.63, 3.8) is 0 Å². The van der Waals surface area contributed by atoms with E-state index in [0.717, 1.165) is 30.9 Å². The van der Waals surface area contributed by atoms with Crippen LogP contribution in [0.2, 0.25) is 0 Å². The van der Waals surface area contributed by atoms with Crippen molar-refractivity contribution < 1.29 is 4.74 Å². The van der Waals surface area contributed by atoms with Gasteiger partial charge in [0.1, 0.15) is 5.75 Å². The highest BCUT2D eigenvalue weighted by Crippen LogP contribution is 2.22. The highest BCUT2D eigenvalue weighted by atomic mass is 16.5. The molecule has 0 saturated carbocycles. The molecule has 0 bridgehead atoms. The molecular weight excluding hydrogens is 260 g/mol. The van der Waals surface area contributed by atoms with Gasteiger partial charge in [0.15, 0.2) is 0 Å². The molecule has 1 N–H and O–H groups in total. The smallest absolute Gasteiger partial charge is 0.120 e. The van der Waals surface area contributed by atoms with Gasteiger partial charge in [-0.3, -0.25) is 0 Å². The zero-order valence-corrected chi connectivity index (χ0v) is 13.5. The highest BCUT2D eigenvalue weighted by molar-refractivity contribution is 5.53. The third-order valence-electron chi connectivity index (χ3n) is 3.42. The van der Waals surface area contributed by atoms with Crippen molar-refractivity contribution in [2.24, 2.45) is 0 Å². The average molecular weight is 286 g/mol. The molecule has 0 radical (unpaired) electrons. The number of rotatable bonds is 7. The van der Waals surface area contributed by atoms with Gasteiger partial charge in [0.2, 0.25) is 0 Å². The third kappa shape index (κ3) is 4.28. The Bertz CT molecular complexity index is 572. The number of hydrogen-bond donors (Lipinski definition) is 1. The number of ether oxygens (including phenoxy) is 1. The van der Waals surface area contributed by atoms with E-state index in [1.807, 2.05) is 19.9 Å². The minimum Gasteiger partial charge on any atom is -0.491 e. The van der Waals surface area contributed by atoms with Crippen molar-refractivity contribution in [1.82, 2.24) is 4.57 Å². The topological polar surface area (TPSA) is 26.2 Å². The first-order chi connectivity index (χ1) is 10.1. The Morgan fingerprint density at radius 1 is 1.24 bits per heavy atom. The Hall–Kier alpha value is -1.90. The van der Waals surface area contributed by atoms with Crippen LogP contribution in [0.4, 0.5) is 5.69 Å². The Morgan fingerprint density at radius 3 is 2.71 bits per heavy atom. The van der Waals surface area contributed by atoms with Crippen LogP contribution in [0.15, 0.2) is 36.5 Å². The second kappa shape index (κ2) is 7.21. The number of hydrogen-bond acceptors (Lipinski definition) is 2. The van der Waals surface area contributed by atoms with Gasteiger partial charge in [0.05, 0.1) is 12.6 Å². The van der Waals surface area contributed by atoms with Gasteiger partial charge in [0.25, 0.3) is 0 Å². The minimum atomic E-state index is 0.209. The summed E-state index contributed by atoms with van der Waals surface area (Å²) in [6.45, 7) is 10.3. The molecule has 0 unspecified atom stereocenters. The summed E-state index contributed by atoms with van der Waals surface area (Å²) in [5.41, 5.74) is 3.69. The van der Waals surface area contributed by atoms with E-state index in [1.54, 1.807) is 0 Å². The fourth-order valence-electron chi connectivity index (χ4n) is 2.43. The van der Waals surface area contributed by atoms with E-state index in [4.69, 9.17) is 4.74 Å². The van der Waals surface area contributed by atoms with E-state index in [9.17, 15) is 0 Å². The lowest BCUT2D eigenvalue weighted by atomic mass is 10.2. The second-order valence-corrected chi connectivity index (χ2v) is 5.69. The summed E-state index contributed by atoms with van der Waals surface area (Å²) in [6, 6.07) is 10.5. The van der Waals surface area contributed by atoms with Crippen molar-refractivity contribution in [1.29, 1.82) is 0 Å². The van der Waals surface area contributed by atoms with Crippen LogP contribution in [0, 0.1) is 6.92 Å². The Morgan fingerprint density at radius 2 is 2.05 bits per heavy atom. The van der Waals surface area contributed by atoms with Crippen molar-refractivity contribution in [3.05, 3.63) is 47.8 Å². The highest BCUT2D eigenvalue weighted by Gasteiger charge is 2.04. The van der Waals surface area contributed by atoms with Crippen molar-refractivity contribution in [2.75, 3.05) is 5.32 Å². The van der Waals surface area contributed by atoms with Crippen LogP contribution in [0.1, 0.15) is 38.4 Å². The van der Waals surface area contributed by atoms with E-state index in [0.29, 0.717) is 0 Å². The van der Waals surface area contributed by atoms with Crippen LogP contribution in [-0.2, 0) is 13.1 Å². The summed E-state index contributed by atoms with van der Waals surface area (Å²) in [6.07, 6.45) is 3.51. The summed E-state index contributed by atoms with van der Waals surface area (Å²) in [5, 5.41) is 3.52. The van der Waals surface area contributed by atoms with Gasteiger partial charge in [-0.25, -0.2) is 0 Å². The predicted octanol–water partition coefficient (Wildman–Crippen LogP) is 4.61. The molecule has 0 atom stereocenters. The summed E-state index contributed by atoms with van der Waals surface area (Å²) in [4.78, 5) is 0. The molecular formula is C18H26N2O. The zero-order valence-electron chi connectivity index (χ0n) is 13.5. The van der Waals surface area contributed by atoms with Gasteiger partial charge in [-0.2, -0.15) is 0 Å². The molecule has 0 saturated heterocycles. The van der Waals surface area contributed by atoms with Crippen molar-refractivity contribution in [3.8, 4) is 5.75 Å². The van der Waals surface area contributed by atoms with Crippen molar-refractivity contribution >= 4 is 5.69 Å². The van der Waals surface area contributed by atoms with E-state index in [2.05, 4.69) is 54.2 Å². The normalized spacial score (nSPS) is 10.9. The Kier molecular flexibility index (Phi) is 5.32. The molecule has 1 heterocycles. The second-order valence-electron chi connectivity index (χ2n) is 5.69. The Labute approximate surface area is 127 Å². The largest absolute Gasteiger partial charge is 0.491 e.